The van der Waals surface area contributed by atoms with Crippen molar-refractivity contribution in [1.29, 1.82) is 0 Å². The van der Waals surface area contributed by atoms with E-state index in [-0.39, 0.29) is 11.5 Å². The molecule has 0 saturated carbocycles. The van der Waals surface area contributed by atoms with Gasteiger partial charge in [0, 0.05) is 24.4 Å². The average Bonchev–Trinajstić information content (AvgIpc) is 3.01. The van der Waals surface area contributed by atoms with Crippen LogP contribution in [-0.4, -0.2) is 29.9 Å². The summed E-state index contributed by atoms with van der Waals surface area (Å²) in [6.07, 6.45) is -2.66. The molecule has 5 nitrogen and oxygen atoms in total. The van der Waals surface area contributed by atoms with Crippen LogP contribution < -0.4 is 14.2 Å². The van der Waals surface area contributed by atoms with E-state index in [0.29, 0.717) is 43.4 Å². The number of Topliss-reactive ketones (excluding diaryl/α,β-unsaturated/α-hetero) is 1. The predicted octanol–water partition coefficient (Wildman–Crippen LogP) is 4.88. The smallest absolute Gasteiger partial charge is 0.486 e. The Kier molecular flexibility index (Phi) is 4.38. The highest BCUT2D eigenvalue weighted by Crippen LogP contribution is 2.40. The quantitative estimate of drug-likeness (QED) is 0.610. The van der Waals surface area contributed by atoms with Crippen molar-refractivity contribution in [3.05, 3.63) is 53.2 Å². The van der Waals surface area contributed by atoms with Crippen LogP contribution in [0.4, 0.5) is 13.2 Å². The van der Waals surface area contributed by atoms with E-state index in [9.17, 15) is 18.0 Å². The van der Waals surface area contributed by atoms with Gasteiger partial charge in [-0.25, -0.2) is 0 Å². The van der Waals surface area contributed by atoms with Gasteiger partial charge in [-0.05, 0) is 42.2 Å². The van der Waals surface area contributed by atoms with Crippen LogP contribution >= 0.6 is 0 Å². The SMILES string of the molecule is O=C1CCCc2c1n(Cc1ccc(OC(F)(F)F)cc1)c1cc3c(cc21)OCCO3. The molecule has 0 spiro atoms. The Morgan fingerprint density at radius 3 is 2.40 bits per heavy atom. The van der Waals surface area contributed by atoms with Crippen molar-refractivity contribution in [2.75, 3.05) is 13.2 Å². The topological polar surface area (TPSA) is 49.7 Å². The molecule has 0 bridgehead atoms. The van der Waals surface area contributed by atoms with E-state index in [1.807, 2.05) is 16.7 Å². The first kappa shape index (κ1) is 18.8. The molecule has 0 amide bonds. The fourth-order valence-corrected chi connectivity index (χ4v) is 4.21. The first-order valence-electron chi connectivity index (χ1n) is 9.72. The number of hydrogen-bond donors (Lipinski definition) is 0. The zero-order chi connectivity index (χ0) is 20.9. The zero-order valence-electron chi connectivity index (χ0n) is 15.9. The fraction of sp³-hybridized carbons (Fsp3) is 0.318. The molecule has 0 atom stereocenters. The van der Waals surface area contributed by atoms with Crippen molar-refractivity contribution in [1.82, 2.24) is 4.57 Å². The van der Waals surface area contributed by atoms with E-state index in [4.69, 9.17) is 9.47 Å². The molecule has 0 saturated heterocycles. The molecule has 3 aromatic rings. The Labute approximate surface area is 169 Å². The summed E-state index contributed by atoms with van der Waals surface area (Å²) < 4.78 is 54.5. The molecular formula is C22H18F3NO4. The predicted molar refractivity (Wildman–Crippen MR) is 102 cm³/mol. The van der Waals surface area contributed by atoms with Gasteiger partial charge in [0.1, 0.15) is 19.0 Å². The Morgan fingerprint density at radius 2 is 1.70 bits per heavy atom. The summed E-state index contributed by atoms with van der Waals surface area (Å²) in [5.74, 6) is 1.09. The number of alkyl halides is 3. The Balaban J connectivity index is 1.58. The maximum Gasteiger partial charge on any atom is 0.573 e. The first-order chi connectivity index (χ1) is 14.4. The van der Waals surface area contributed by atoms with Gasteiger partial charge in [-0.2, -0.15) is 0 Å². The number of halogens is 3. The molecule has 156 valence electrons. The number of ketones is 1. The molecular weight excluding hydrogens is 399 g/mol. The largest absolute Gasteiger partial charge is 0.573 e. The van der Waals surface area contributed by atoms with E-state index >= 15 is 0 Å². The maximum atomic E-state index is 12.8. The summed E-state index contributed by atoms with van der Waals surface area (Å²) in [6.45, 7) is 1.29. The number of ether oxygens (including phenoxy) is 3. The Bertz CT molecular complexity index is 1130. The summed E-state index contributed by atoms with van der Waals surface area (Å²) in [6, 6.07) is 9.52. The van der Waals surface area contributed by atoms with E-state index in [2.05, 4.69) is 4.74 Å². The molecule has 5 rings (SSSR count). The molecule has 1 aromatic heterocycles. The van der Waals surface area contributed by atoms with Crippen LogP contribution in [-0.2, 0) is 13.0 Å². The minimum atomic E-state index is -4.73. The molecule has 1 aliphatic carbocycles. The van der Waals surface area contributed by atoms with Gasteiger partial charge in [0.05, 0.1) is 11.2 Å². The molecule has 30 heavy (non-hydrogen) atoms. The average molecular weight is 417 g/mol. The van der Waals surface area contributed by atoms with Crippen LogP contribution in [0.5, 0.6) is 17.2 Å². The van der Waals surface area contributed by atoms with Crippen LogP contribution in [0.3, 0.4) is 0 Å². The third kappa shape index (κ3) is 3.36. The number of aromatic nitrogens is 1. The lowest BCUT2D eigenvalue weighted by molar-refractivity contribution is -0.274. The van der Waals surface area contributed by atoms with E-state index in [0.717, 1.165) is 34.9 Å². The lowest BCUT2D eigenvalue weighted by atomic mass is 9.94. The summed E-state index contributed by atoms with van der Waals surface area (Å²) in [5, 5.41) is 0.958. The highest BCUT2D eigenvalue weighted by Gasteiger charge is 2.31. The Hall–Kier alpha value is -3.16. The van der Waals surface area contributed by atoms with Gasteiger partial charge in [0.2, 0.25) is 0 Å². The minimum Gasteiger partial charge on any atom is -0.486 e. The number of rotatable bonds is 3. The summed E-state index contributed by atoms with van der Waals surface area (Å²) in [5.41, 5.74) is 3.28. The van der Waals surface area contributed by atoms with E-state index < -0.39 is 6.36 Å². The highest BCUT2D eigenvalue weighted by atomic mass is 19.4. The standard InChI is InChI=1S/C22H18F3NO4/c23-22(24,25)30-14-6-4-13(5-7-14)12-26-17-11-20-19(28-8-9-29-20)10-16(17)15-2-1-3-18(27)21(15)26/h4-7,10-11H,1-3,8-9,12H2. The molecule has 2 heterocycles. The number of fused-ring (bicyclic) bond motifs is 4. The van der Waals surface area contributed by atoms with Crippen LogP contribution in [0, 0.1) is 0 Å². The van der Waals surface area contributed by atoms with Crippen molar-refractivity contribution in [2.24, 2.45) is 0 Å². The second-order valence-electron chi connectivity index (χ2n) is 7.39. The lowest BCUT2D eigenvalue weighted by Crippen LogP contribution is -2.17. The van der Waals surface area contributed by atoms with Gasteiger partial charge >= 0.3 is 6.36 Å². The van der Waals surface area contributed by atoms with Crippen molar-refractivity contribution in [3.63, 3.8) is 0 Å². The maximum absolute atomic E-state index is 12.8. The molecule has 0 unspecified atom stereocenters. The van der Waals surface area contributed by atoms with E-state index in [1.165, 1.54) is 12.1 Å². The highest BCUT2D eigenvalue weighted by molar-refractivity contribution is 6.04. The summed E-state index contributed by atoms with van der Waals surface area (Å²) in [7, 11) is 0. The van der Waals surface area contributed by atoms with Gasteiger partial charge in [0.25, 0.3) is 0 Å². The van der Waals surface area contributed by atoms with Crippen molar-refractivity contribution in [2.45, 2.75) is 32.2 Å². The molecule has 0 fully saturated rings. The number of benzene rings is 2. The molecule has 1 aliphatic heterocycles. The zero-order valence-corrected chi connectivity index (χ0v) is 15.9. The summed E-state index contributed by atoms with van der Waals surface area (Å²) >= 11 is 0. The monoisotopic (exact) mass is 417 g/mol. The second kappa shape index (κ2) is 6.97. The number of aryl methyl sites for hydroxylation is 1. The first-order valence-corrected chi connectivity index (χ1v) is 9.72. The third-order valence-electron chi connectivity index (χ3n) is 5.42. The van der Waals surface area contributed by atoms with Crippen LogP contribution in [0.15, 0.2) is 36.4 Å². The number of carbonyl (C=O) groups excluding carboxylic acids is 1. The fourth-order valence-electron chi connectivity index (χ4n) is 4.21. The second-order valence-corrected chi connectivity index (χ2v) is 7.39. The van der Waals surface area contributed by atoms with Crippen LogP contribution in [0.2, 0.25) is 0 Å². The van der Waals surface area contributed by atoms with Gasteiger partial charge in [-0.1, -0.05) is 12.1 Å². The minimum absolute atomic E-state index is 0.0734. The van der Waals surface area contributed by atoms with Crippen molar-refractivity contribution in [3.8, 4) is 17.2 Å². The van der Waals surface area contributed by atoms with Gasteiger partial charge in [0.15, 0.2) is 17.3 Å². The lowest BCUT2D eigenvalue weighted by Gasteiger charge is -2.19. The molecule has 0 radical (unpaired) electrons. The van der Waals surface area contributed by atoms with Crippen LogP contribution in [0.1, 0.15) is 34.5 Å². The molecule has 8 heteroatoms. The molecule has 2 aliphatic rings. The third-order valence-corrected chi connectivity index (χ3v) is 5.42. The van der Waals surface area contributed by atoms with Gasteiger partial charge < -0.3 is 18.8 Å². The molecule has 2 aromatic carbocycles. The number of carbonyl (C=O) groups is 1. The van der Waals surface area contributed by atoms with Crippen LogP contribution in [0.25, 0.3) is 10.9 Å². The number of nitrogens with zero attached hydrogens (tertiary/aromatic N) is 1. The number of hydrogen-bond acceptors (Lipinski definition) is 4. The van der Waals surface area contributed by atoms with Crippen molar-refractivity contribution < 1.29 is 32.2 Å². The summed E-state index contributed by atoms with van der Waals surface area (Å²) in [4.78, 5) is 12.8. The normalized spacial score (nSPS) is 15.9. The van der Waals surface area contributed by atoms with Gasteiger partial charge in [-0.3, -0.25) is 4.79 Å². The van der Waals surface area contributed by atoms with Gasteiger partial charge in [-0.15, -0.1) is 13.2 Å². The molecule has 0 N–H and O–H groups in total. The van der Waals surface area contributed by atoms with Crippen molar-refractivity contribution >= 4 is 16.7 Å². The Morgan fingerprint density at radius 1 is 1.00 bits per heavy atom. The van der Waals surface area contributed by atoms with E-state index in [1.54, 1.807) is 12.1 Å².